The van der Waals surface area contributed by atoms with Crippen molar-refractivity contribution in [3.63, 3.8) is 0 Å². The van der Waals surface area contributed by atoms with Gasteiger partial charge >= 0.3 is 0 Å². The maximum absolute atomic E-state index is 12.3. The fraction of sp³-hybridized carbons (Fsp3) is 0.207. The molecule has 0 radical (unpaired) electrons. The molecular formula is C29H27BrN2O6S. The SMILES string of the molecule is CCOc1cc(/C=C2/SC(NC(C)=O)=NC2=O)cc(Br)c1OCc1ccc(OCc2ccccc2)c(OC)c1. The summed E-state index contributed by atoms with van der Waals surface area (Å²) in [7, 11) is 1.60. The number of halogens is 1. The molecule has 0 bridgehead atoms. The Morgan fingerprint density at radius 1 is 0.974 bits per heavy atom. The monoisotopic (exact) mass is 610 g/mol. The molecule has 0 unspecified atom stereocenters. The fourth-order valence-electron chi connectivity index (χ4n) is 3.65. The average Bonchev–Trinajstić information content (AvgIpc) is 3.25. The summed E-state index contributed by atoms with van der Waals surface area (Å²) in [4.78, 5) is 27.8. The van der Waals surface area contributed by atoms with E-state index in [0.29, 0.717) is 45.6 Å². The molecule has 3 aromatic rings. The van der Waals surface area contributed by atoms with Crippen LogP contribution in [0.4, 0.5) is 0 Å². The molecule has 0 atom stereocenters. The molecule has 8 nitrogen and oxygen atoms in total. The number of amides is 2. The molecule has 0 aromatic heterocycles. The molecule has 0 fully saturated rings. The Morgan fingerprint density at radius 3 is 2.46 bits per heavy atom. The van der Waals surface area contributed by atoms with Crippen LogP contribution in [-0.4, -0.2) is 30.7 Å². The summed E-state index contributed by atoms with van der Waals surface area (Å²) in [5.74, 6) is 1.60. The van der Waals surface area contributed by atoms with Gasteiger partial charge in [-0.25, -0.2) is 0 Å². The molecule has 1 aliphatic heterocycles. The van der Waals surface area contributed by atoms with E-state index >= 15 is 0 Å². The lowest BCUT2D eigenvalue weighted by Gasteiger charge is -2.16. The first kappa shape index (κ1) is 28.3. The highest BCUT2D eigenvalue weighted by atomic mass is 79.9. The standard InChI is InChI=1S/C29H27BrN2O6S/c1-4-36-25-14-21(15-26-28(34)32-29(39-26)31-18(2)33)12-22(30)27(25)38-17-20-10-11-23(24(13-20)35-3)37-16-19-8-6-5-7-9-19/h5-15H,4,16-17H2,1-3H3,(H,31,32,33,34)/b26-15+. The Morgan fingerprint density at radius 2 is 1.74 bits per heavy atom. The third kappa shape index (κ3) is 7.64. The highest BCUT2D eigenvalue weighted by Gasteiger charge is 2.23. The van der Waals surface area contributed by atoms with Crippen molar-refractivity contribution in [3.8, 4) is 23.0 Å². The fourth-order valence-corrected chi connectivity index (χ4v) is 5.08. The quantitative estimate of drug-likeness (QED) is 0.276. The van der Waals surface area contributed by atoms with E-state index in [1.165, 1.54) is 6.92 Å². The average molecular weight is 612 g/mol. The number of nitrogens with zero attached hydrogens (tertiary/aromatic N) is 1. The second-order valence-electron chi connectivity index (χ2n) is 8.33. The van der Waals surface area contributed by atoms with Gasteiger partial charge in [0.25, 0.3) is 5.91 Å². The van der Waals surface area contributed by atoms with Crippen molar-refractivity contribution in [3.05, 3.63) is 86.7 Å². The number of amidine groups is 1. The van der Waals surface area contributed by atoms with Gasteiger partial charge in [0.15, 0.2) is 28.2 Å². The van der Waals surface area contributed by atoms with Gasteiger partial charge in [0.05, 0.1) is 23.1 Å². The Balaban J connectivity index is 1.47. The summed E-state index contributed by atoms with van der Waals surface area (Å²) in [6.45, 7) is 4.37. The smallest absolute Gasteiger partial charge is 0.286 e. The molecule has 10 heteroatoms. The lowest BCUT2D eigenvalue weighted by atomic mass is 10.1. The molecule has 1 N–H and O–H groups in total. The van der Waals surface area contributed by atoms with Crippen molar-refractivity contribution >= 4 is 50.7 Å². The van der Waals surface area contributed by atoms with E-state index in [4.69, 9.17) is 18.9 Å². The summed E-state index contributed by atoms with van der Waals surface area (Å²) in [6, 6.07) is 19.2. The topological polar surface area (TPSA) is 95.5 Å². The first-order valence-corrected chi connectivity index (χ1v) is 13.7. The van der Waals surface area contributed by atoms with E-state index in [2.05, 4.69) is 26.2 Å². The van der Waals surface area contributed by atoms with Crippen molar-refractivity contribution in [1.29, 1.82) is 0 Å². The number of nitrogens with one attached hydrogen (secondary N) is 1. The number of hydrogen-bond donors (Lipinski definition) is 1. The molecule has 4 rings (SSSR count). The van der Waals surface area contributed by atoms with Gasteiger partial charge in [0.1, 0.15) is 13.2 Å². The molecule has 0 saturated heterocycles. The van der Waals surface area contributed by atoms with Gasteiger partial charge in [-0.2, -0.15) is 4.99 Å². The number of rotatable bonds is 10. The predicted octanol–water partition coefficient (Wildman–Crippen LogP) is 6.12. The van der Waals surface area contributed by atoms with Gasteiger partial charge in [-0.05, 0) is 81.6 Å². The normalized spacial score (nSPS) is 13.7. The summed E-state index contributed by atoms with van der Waals surface area (Å²) in [6.07, 6.45) is 1.70. The maximum atomic E-state index is 12.3. The minimum absolute atomic E-state index is 0.259. The van der Waals surface area contributed by atoms with Crippen molar-refractivity contribution in [2.24, 2.45) is 4.99 Å². The van der Waals surface area contributed by atoms with Crippen LogP contribution in [0, 0.1) is 0 Å². The molecule has 202 valence electrons. The van der Waals surface area contributed by atoms with Gasteiger partial charge < -0.3 is 24.3 Å². The molecule has 0 spiro atoms. The molecule has 0 aliphatic carbocycles. The van der Waals surface area contributed by atoms with Crippen LogP contribution in [0.1, 0.15) is 30.5 Å². The van der Waals surface area contributed by atoms with Crippen LogP contribution in [0.3, 0.4) is 0 Å². The molecule has 1 heterocycles. The minimum Gasteiger partial charge on any atom is -0.493 e. The first-order valence-electron chi connectivity index (χ1n) is 12.1. The number of carbonyl (C=O) groups excluding carboxylic acids is 2. The maximum Gasteiger partial charge on any atom is 0.286 e. The largest absolute Gasteiger partial charge is 0.493 e. The Hall–Kier alpha value is -3.76. The Kier molecular flexibility index (Phi) is 9.67. The second-order valence-corrected chi connectivity index (χ2v) is 10.2. The summed E-state index contributed by atoms with van der Waals surface area (Å²) in [5, 5.41) is 2.80. The Bertz CT molecular complexity index is 1420. The van der Waals surface area contributed by atoms with Crippen LogP contribution >= 0.6 is 27.7 Å². The van der Waals surface area contributed by atoms with Crippen molar-refractivity contribution in [2.75, 3.05) is 13.7 Å². The van der Waals surface area contributed by atoms with E-state index in [1.807, 2.05) is 61.5 Å². The van der Waals surface area contributed by atoms with Gasteiger partial charge in [-0.3, -0.25) is 9.59 Å². The lowest BCUT2D eigenvalue weighted by molar-refractivity contribution is -0.117. The number of hydrogen-bond acceptors (Lipinski definition) is 7. The highest BCUT2D eigenvalue weighted by Crippen LogP contribution is 2.39. The molecular weight excluding hydrogens is 584 g/mol. The van der Waals surface area contributed by atoms with E-state index in [9.17, 15) is 9.59 Å². The van der Waals surface area contributed by atoms with Crippen molar-refractivity contribution in [1.82, 2.24) is 5.32 Å². The molecule has 39 heavy (non-hydrogen) atoms. The van der Waals surface area contributed by atoms with Gasteiger partial charge in [-0.1, -0.05) is 36.4 Å². The predicted molar refractivity (Wildman–Crippen MR) is 155 cm³/mol. The third-order valence-corrected chi connectivity index (χ3v) is 6.87. The second kappa shape index (κ2) is 13.3. The van der Waals surface area contributed by atoms with Gasteiger partial charge in [0, 0.05) is 6.92 Å². The highest BCUT2D eigenvalue weighted by molar-refractivity contribution is 9.10. The van der Waals surface area contributed by atoms with Crippen LogP contribution in [0.5, 0.6) is 23.0 Å². The summed E-state index contributed by atoms with van der Waals surface area (Å²) in [5.41, 5.74) is 2.67. The Labute approximate surface area is 239 Å². The third-order valence-electron chi connectivity index (χ3n) is 5.38. The van der Waals surface area contributed by atoms with E-state index in [0.717, 1.165) is 28.5 Å². The summed E-state index contributed by atoms with van der Waals surface area (Å²) >= 11 is 4.68. The number of ether oxygens (including phenoxy) is 4. The van der Waals surface area contributed by atoms with E-state index in [-0.39, 0.29) is 17.7 Å². The zero-order valence-electron chi connectivity index (χ0n) is 21.7. The summed E-state index contributed by atoms with van der Waals surface area (Å²) < 4.78 is 24.2. The number of thioether (sulfide) groups is 1. The van der Waals surface area contributed by atoms with Crippen LogP contribution in [0.25, 0.3) is 6.08 Å². The number of carbonyl (C=O) groups is 2. The number of benzene rings is 3. The van der Waals surface area contributed by atoms with Crippen molar-refractivity contribution in [2.45, 2.75) is 27.1 Å². The van der Waals surface area contributed by atoms with Gasteiger partial charge in [0.2, 0.25) is 5.91 Å². The van der Waals surface area contributed by atoms with Crippen molar-refractivity contribution < 1.29 is 28.5 Å². The van der Waals surface area contributed by atoms with E-state index < -0.39 is 5.91 Å². The molecule has 1 aliphatic rings. The molecule has 0 saturated carbocycles. The first-order chi connectivity index (χ1) is 18.9. The van der Waals surface area contributed by atoms with Crippen LogP contribution in [0.2, 0.25) is 0 Å². The zero-order chi connectivity index (χ0) is 27.8. The number of methoxy groups -OCH3 is 1. The van der Waals surface area contributed by atoms with Crippen LogP contribution in [0.15, 0.2) is 75.0 Å². The van der Waals surface area contributed by atoms with Crippen LogP contribution < -0.4 is 24.3 Å². The minimum atomic E-state index is -0.414. The molecule has 3 aromatic carbocycles. The molecule has 2 amide bonds. The zero-order valence-corrected chi connectivity index (χ0v) is 24.1. The van der Waals surface area contributed by atoms with Gasteiger partial charge in [-0.15, -0.1) is 0 Å². The van der Waals surface area contributed by atoms with E-state index in [1.54, 1.807) is 19.3 Å². The lowest BCUT2D eigenvalue weighted by Crippen LogP contribution is -2.23. The number of aliphatic imine (C=N–C) groups is 1. The van der Waals surface area contributed by atoms with Crippen LogP contribution in [-0.2, 0) is 22.8 Å².